The van der Waals surface area contributed by atoms with Crippen LogP contribution in [-0.4, -0.2) is 17.5 Å². The quantitative estimate of drug-likeness (QED) is 0.523. The van der Waals surface area contributed by atoms with E-state index in [9.17, 15) is 9.90 Å². The summed E-state index contributed by atoms with van der Waals surface area (Å²) < 4.78 is 11.1. The van der Waals surface area contributed by atoms with Crippen LogP contribution < -0.4 is 4.74 Å². The molecule has 0 aliphatic carbocycles. The van der Waals surface area contributed by atoms with E-state index >= 15 is 0 Å². The Balaban J connectivity index is 1.84. The molecule has 0 atom stereocenters. The Labute approximate surface area is 146 Å². The number of aromatic hydroxyl groups is 1. The molecule has 0 spiro atoms. The highest BCUT2D eigenvalue weighted by Gasteiger charge is 2.11. The average Bonchev–Trinajstić information content (AvgIpc) is 3.01. The van der Waals surface area contributed by atoms with Crippen LogP contribution in [0.1, 0.15) is 34.2 Å². The molecule has 0 amide bonds. The van der Waals surface area contributed by atoms with E-state index in [0.29, 0.717) is 17.9 Å². The van der Waals surface area contributed by atoms with Gasteiger partial charge in [0.1, 0.15) is 17.1 Å². The molecule has 128 valence electrons. The molecule has 0 aliphatic rings. The summed E-state index contributed by atoms with van der Waals surface area (Å²) in [6.07, 6.45) is 3.20. The van der Waals surface area contributed by atoms with E-state index < -0.39 is 0 Å². The Morgan fingerprint density at radius 2 is 1.88 bits per heavy atom. The van der Waals surface area contributed by atoms with E-state index in [1.165, 1.54) is 6.08 Å². The Morgan fingerprint density at radius 3 is 2.56 bits per heavy atom. The van der Waals surface area contributed by atoms with Crippen molar-refractivity contribution in [2.75, 3.05) is 6.61 Å². The van der Waals surface area contributed by atoms with Gasteiger partial charge in [0.15, 0.2) is 5.76 Å². The molecule has 3 rings (SSSR count). The minimum Gasteiger partial charge on any atom is -0.507 e. The largest absolute Gasteiger partial charge is 0.507 e. The second-order valence-corrected chi connectivity index (χ2v) is 5.94. The van der Waals surface area contributed by atoms with E-state index in [4.69, 9.17) is 9.15 Å². The lowest BCUT2D eigenvalue weighted by atomic mass is 10.0. The number of allylic oxidation sites excluding steroid dienone is 1. The predicted octanol–water partition coefficient (Wildman–Crippen LogP) is 5.05. The van der Waals surface area contributed by atoms with Gasteiger partial charge in [-0.2, -0.15) is 0 Å². The van der Waals surface area contributed by atoms with Crippen molar-refractivity contribution < 1.29 is 19.1 Å². The first-order valence-electron chi connectivity index (χ1n) is 8.17. The highest BCUT2D eigenvalue weighted by Crippen LogP contribution is 2.26. The number of furan rings is 1. The summed E-state index contributed by atoms with van der Waals surface area (Å²) in [7, 11) is 0. The number of rotatable bonds is 5. The maximum atomic E-state index is 12.4. The molecule has 0 aliphatic heterocycles. The lowest BCUT2D eigenvalue weighted by Crippen LogP contribution is -1.91. The summed E-state index contributed by atoms with van der Waals surface area (Å²) >= 11 is 0. The standard InChI is InChI=1S/C21H20O4/c1-4-24-17-7-6-16-11-20(25-19(16)12-17)18(22)8-5-15-9-13(2)21(23)14(3)10-15/h5-12,23H,4H2,1-3H3/b8-5+. The fraction of sp³-hybridized carbons (Fsp3) is 0.190. The molecule has 0 unspecified atom stereocenters. The highest BCUT2D eigenvalue weighted by molar-refractivity contribution is 6.07. The summed E-state index contributed by atoms with van der Waals surface area (Å²) in [5.74, 6) is 1.07. The van der Waals surface area contributed by atoms with Crippen molar-refractivity contribution in [3.8, 4) is 11.5 Å². The molecule has 4 nitrogen and oxygen atoms in total. The normalized spacial score (nSPS) is 11.3. The van der Waals surface area contributed by atoms with Crippen LogP contribution in [-0.2, 0) is 0 Å². The number of phenols is 1. The van der Waals surface area contributed by atoms with Crippen LogP contribution in [0.2, 0.25) is 0 Å². The smallest absolute Gasteiger partial charge is 0.221 e. The number of fused-ring (bicyclic) bond motifs is 1. The minimum absolute atomic E-state index is 0.211. The lowest BCUT2D eigenvalue weighted by molar-refractivity contribution is 0.102. The van der Waals surface area contributed by atoms with Crippen molar-refractivity contribution in [2.24, 2.45) is 0 Å². The van der Waals surface area contributed by atoms with Crippen molar-refractivity contribution in [3.05, 3.63) is 64.9 Å². The number of ether oxygens (including phenoxy) is 1. The van der Waals surface area contributed by atoms with Crippen LogP contribution in [0.3, 0.4) is 0 Å². The highest BCUT2D eigenvalue weighted by atomic mass is 16.5. The lowest BCUT2D eigenvalue weighted by Gasteiger charge is -2.04. The average molecular weight is 336 g/mol. The second-order valence-electron chi connectivity index (χ2n) is 5.94. The summed E-state index contributed by atoms with van der Waals surface area (Å²) in [4.78, 5) is 12.4. The SMILES string of the molecule is CCOc1ccc2cc(C(=O)/C=C/c3cc(C)c(O)c(C)c3)oc2c1. The molecule has 3 aromatic rings. The number of carbonyl (C=O) groups is 1. The maximum absolute atomic E-state index is 12.4. The summed E-state index contributed by atoms with van der Waals surface area (Å²) in [6, 6.07) is 10.9. The zero-order valence-corrected chi connectivity index (χ0v) is 14.5. The van der Waals surface area contributed by atoms with E-state index in [1.54, 1.807) is 18.2 Å². The third-order valence-corrected chi connectivity index (χ3v) is 3.99. The number of aryl methyl sites for hydroxylation is 2. The monoisotopic (exact) mass is 336 g/mol. The van der Waals surface area contributed by atoms with Gasteiger partial charge in [-0.1, -0.05) is 6.08 Å². The van der Waals surface area contributed by atoms with Crippen LogP contribution in [0, 0.1) is 13.8 Å². The third kappa shape index (κ3) is 3.58. The minimum atomic E-state index is -0.211. The number of carbonyl (C=O) groups excluding carboxylic acids is 1. The van der Waals surface area contributed by atoms with E-state index in [2.05, 4.69) is 0 Å². The summed E-state index contributed by atoms with van der Waals surface area (Å²) in [5, 5.41) is 10.7. The first-order valence-corrected chi connectivity index (χ1v) is 8.17. The van der Waals surface area contributed by atoms with Crippen molar-refractivity contribution in [1.29, 1.82) is 0 Å². The van der Waals surface area contributed by atoms with Crippen LogP contribution in [0.4, 0.5) is 0 Å². The van der Waals surface area contributed by atoms with Crippen molar-refractivity contribution in [2.45, 2.75) is 20.8 Å². The molecule has 0 saturated carbocycles. The van der Waals surface area contributed by atoms with Crippen molar-refractivity contribution >= 4 is 22.8 Å². The topological polar surface area (TPSA) is 59.7 Å². The molecule has 1 aromatic heterocycles. The first-order chi connectivity index (χ1) is 12.0. The van der Waals surface area contributed by atoms with Gasteiger partial charge in [0, 0.05) is 11.5 Å². The van der Waals surface area contributed by atoms with Gasteiger partial charge in [0.2, 0.25) is 5.78 Å². The fourth-order valence-electron chi connectivity index (χ4n) is 2.73. The van der Waals surface area contributed by atoms with E-state index in [1.807, 2.05) is 45.0 Å². The van der Waals surface area contributed by atoms with Gasteiger partial charge in [-0.3, -0.25) is 4.79 Å². The molecule has 25 heavy (non-hydrogen) atoms. The second kappa shape index (κ2) is 6.85. The zero-order chi connectivity index (χ0) is 18.0. The summed E-state index contributed by atoms with van der Waals surface area (Å²) in [6.45, 7) is 6.15. The number of phenolic OH excluding ortho intramolecular Hbond substituents is 1. The molecule has 1 heterocycles. The molecule has 0 bridgehead atoms. The Hall–Kier alpha value is -3.01. The van der Waals surface area contributed by atoms with Gasteiger partial charge in [0.05, 0.1) is 6.61 Å². The van der Waals surface area contributed by atoms with Gasteiger partial charge < -0.3 is 14.3 Å². The van der Waals surface area contributed by atoms with Gasteiger partial charge in [-0.25, -0.2) is 0 Å². The molecule has 2 aromatic carbocycles. The molecule has 0 radical (unpaired) electrons. The van der Waals surface area contributed by atoms with Gasteiger partial charge in [-0.15, -0.1) is 0 Å². The molecule has 0 fully saturated rings. The first kappa shape index (κ1) is 16.8. The molecular weight excluding hydrogens is 316 g/mol. The third-order valence-electron chi connectivity index (χ3n) is 3.99. The molecular formula is C21H20O4. The van der Waals surface area contributed by atoms with Crippen molar-refractivity contribution in [1.82, 2.24) is 0 Å². The molecule has 1 N–H and O–H groups in total. The van der Waals surface area contributed by atoms with Gasteiger partial charge in [0.25, 0.3) is 0 Å². The van der Waals surface area contributed by atoms with Crippen LogP contribution in [0.25, 0.3) is 17.0 Å². The number of ketones is 1. The van der Waals surface area contributed by atoms with Gasteiger partial charge >= 0.3 is 0 Å². The molecule has 4 heteroatoms. The van der Waals surface area contributed by atoms with Gasteiger partial charge in [-0.05, 0) is 73.9 Å². The Kier molecular flexibility index (Phi) is 4.61. The van der Waals surface area contributed by atoms with E-state index in [-0.39, 0.29) is 17.3 Å². The maximum Gasteiger partial charge on any atom is 0.221 e. The zero-order valence-electron chi connectivity index (χ0n) is 14.5. The Bertz CT molecular complexity index is 940. The predicted molar refractivity (Wildman–Crippen MR) is 98.3 cm³/mol. The number of benzene rings is 2. The Morgan fingerprint density at radius 1 is 1.16 bits per heavy atom. The fourth-order valence-corrected chi connectivity index (χ4v) is 2.73. The summed E-state index contributed by atoms with van der Waals surface area (Å²) in [5.41, 5.74) is 3.04. The van der Waals surface area contributed by atoms with Crippen LogP contribution in [0.15, 0.2) is 46.9 Å². The van der Waals surface area contributed by atoms with Crippen molar-refractivity contribution in [3.63, 3.8) is 0 Å². The van der Waals surface area contributed by atoms with Crippen LogP contribution >= 0.6 is 0 Å². The van der Waals surface area contributed by atoms with Crippen LogP contribution in [0.5, 0.6) is 11.5 Å². The number of hydrogen-bond donors (Lipinski definition) is 1. The number of hydrogen-bond acceptors (Lipinski definition) is 4. The molecule has 0 saturated heterocycles. The van der Waals surface area contributed by atoms with E-state index in [0.717, 1.165) is 22.1 Å².